The monoisotopic (exact) mass is 271 g/mol. The van der Waals surface area contributed by atoms with Crippen LogP contribution in [0.4, 0.5) is 17.3 Å². The highest BCUT2D eigenvalue weighted by atomic mass is 35.5. The molecule has 0 radical (unpaired) electrons. The first-order valence-electron chi connectivity index (χ1n) is 4.89. The second kappa shape index (κ2) is 4.81. The lowest BCUT2D eigenvalue weighted by Gasteiger charge is -2.09. The molecule has 0 atom stereocenters. The van der Waals surface area contributed by atoms with Crippen LogP contribution in [0.1, 0.15) is 0 Å². The van der Waals surface area contributed by atoms with Crippen LogP contribution in [-0.2, 0) is 7.05 Å². The molecule has 2 heterocycles. The third kappa shape index (κ3) is 2.62. The second-order valence-electron chi connectivity index (χ2n) is 3.43. The minimum absolute atomic E-state index is 0.456. The van der Waals surface area contributed by atoms with Gasteiger partial charge in [-0.25, -0.2) is 4.98 Å². The molecule has 0 unspecified atom stereocenters. The van der Waals surface area contributed by atoms with Crippen molar-refractivity contribution < 1.29 is 0 Å². The summed E-state index contributed by atoms with van der Waals surface area (Å²) in [6, 6.07) is 1.64. The van der Waals surface area contributed by atoms with Crippen LogP contribution in [0.3, 0.4) is 0 Å². The normalized spacial score (nSPS) is 10.4. The molecule has 17 heavy (non-hydrogen) atoms. The van der Waals surface area contributed by atoms with Crippen molar-refractivity contribution in [2.24, 2.45) is 7.05 Å². The number of halogens is 2. The van der Waals surface area contributed by atoms with Gasteiger partial charge in [0.15, 0.2) is 5.82 Å². The summed E-state index contributed by atoms with van der Waals surface area (Å²) in [6.07, 6.45) is 3.51. The third-order valence-electron chi connectivity index (χ3n) is 2.13. The SMILES string of the molecule is CNc1nc(Nc2cnn(C)c2)c(Cl)cc1Cl. The minimum atomic E-state index is 0.456. The number of hydrogen-bond donors (Lipinski definition) is 2. The average Bonchev–Trinajstić information content (AvgIpc) is 2.68. The Morgan fingerprint density at radius 1 is 1.24 bits per heavy atom. The maximum Gasteiger partial charge on any atom is 0.151 e. The molecule has 2 aromatic rings. The van der Waals surface area contributed by atoms with Gasteiger partial charge in [0, 0.05) is 20.3 Å². The molecular formula is C10H11Cl2N5. The van der Waals surface area contributed by atoms with Crippen LogP contribution in [0.2, 0.25) is 10.0 Å². The molecule has 0 aliphatic rings. The summed E-state index contributed by atoms with van der Waals surface area (Å²) in [5.74, 6) is 1.11. The number of anilines is 3. The van der Waals surface area contributed by atoms with Gasteiger partial charge in [0.25, 0.3) is 0 Å². The first kappa shape index (κ1) is 12.0. The Morgan fingerprint density at radius 2 is 1.94 bits per heavy atom. The van der Waals surface area contributed by atoms with Crippen molar-refractivity contribution in [3.05, 3.63) is 28.5 Å². The smallest absolute Gasteiger partial charge is 0.151 e. The Labute approximate surface area is 109 Å². The minimum Gasteiger partial charge on any atom is -0.372 e. The lowest BCUT2D eigenvalue weighted by atomic mass is 10.4. The molecule has 0 amide bonds. The fraction of sp³-hybridized carbons (Fsp3) is 0.200. The van der Waals surface area contributed by atoms with Gasteiger partial charge < -0.3 is 10.6 Å². The zero-order chi connectivity index (χ0) is 12.4. The van der Waals surface area contributed by atoms with Crippen molar-refractivity contribution in [1.82, 2.24) is 14.8 Å². The van der Waals surface area contributed by atoms with E-state index >= 15 is 0 Å². The molecule has 2 N–H and O–H groups in total. The van der Waals surface area contributed by atoms with Gasteiger partial charge in [-0.05, 0) is 6.07 Å². The Bertz CT molecular complexity index is 537. The fourth-order valence-electron chi connectivity index (χ4n) is 1.35. The predicted octanol–water partition coefficient (Wildman–Crippen LogP) is 2.91. The van der Waals surface area contributed by atoms with Crippen LogP contribution in [0, 0.1) is 0 Å². The van der Waals surface area contributed by atoms with Crippen LogP contribution < -0.4 is 10.6 Å². The first-order chi connectivity index (χ1) is 8.10. The van der Waals surface area contributed by atoms with Crippen molar-refractivity contribution in [2.75, 3.05) is 17.7 Å². The molecule has 90 valence electrons. The van der Waals surface area contributed by atoms with E-state index in [0.717, 1.165) is 5.69 Å². The largest absolute Gasteiger partial charge is 0.372 e. The second-order valence-corrected chi connectivity index (χ2v) is 4.24. The maximum atomic E-state index is 6.05. The summed E-state index contributed by atoms with van der Waals surface area (Å²) in [5.41, 5.74) is 0.811. The van der Waals surface area contributed by atoms with E-state index in [1.165, 1.54) is 0 Å². The predicted molar refractivity (Wildman–Crippen MR) is 70.3 cm³/mol. The van der Waals surface area contributed by atoms with E-state index in [1.807, 2.05) is 13.2 Å². The van der Waals surface area contributed by atoms with E-state index in [1.54, 1.807) is 24.0 Å². The molecule has 0 bridgehead atoms. The summed E-state index contributed by atoms with van der Waals surface area (Å²) in [7, 11) is 3.58. The molecule has 7 heteroatoms. The van der Waals surface area contributed by atoms with Gasteiger partial charge in [-0.15, -0.1) is 0 Å². The summed E-state index contributed by atoms with van der Waals surface area (Å²) in [5, 5.41) is 10.9. The molecule has 2 aromatic heterocycles. The van der Waals surface area contributed by atoms with Crippen LogP contribution >= 0.6 is 23.2 Å². The third-order valence-corrected chi connectivity index (χ3v) is 2.71. The molecule has 0 aromatic carbocycles. The number of aryl methyl sites for hydroxylation is 1. The molecule has 0 saturated heterocycles. The van der Waals surface area contributed by atoms with Gasteiger partial charge in [0.2, 0.25) is 0 Å². The van der Waals surface area contributed by atoms with Crippen molar-refractivity contribution in [3.8, 4) is 0 Å². The summed E-state index contributed by atoms with van der Waals surface area (Å²) >= 11 is 12.0. The van der Waals surface area contributed by atoms with E-state index in [2.05, 4.69) is 20.7 Å². The zero-order valence-corrected chi connectivity index (χ0v) is 10.8. The van der Waals surface area contributed by atoms with E-state index in [-0.39, 0.29) is 0 Å². The van der Waals surface area contributed by atoms with Gasteiger partial charge in [-0.1, -0.05) is 23.2 Å². The van der Waals surface area contributed by atoms with Gasteiger partial charge in [0.1, 0.15) is 5.82 Å². The number of nitrogens with zero attached hydrogens (tertiary/aromatic N) is 3. The highest BCUT2D eigenvalue weighted by molar-refractivity contribution is 6.37. The van der Waals surface area contributed by atoms with Gasteiger partial charge in [-0.2, -0.15) is 5.10 Å². The summed E-state index contributed by atoms with van der Waals surface area (Å²) in [6.45, 7) is 0. The van der Waals surface area contributed by atoms with E-state index in [9.17, 15) is 0 Å². The van der Waals surface area contributed by atoms with E-state index in [4.69, 9.17) is 23.2 Å². The molecule has 0 saturated carbocycles. The van der Waals surface area contributed by atoms with Crippen LogP contribution in [0.15, 0.2) is 18.5 Å². The van der Waals surface area contributed by atoms with Crippen molar-refractivity contribution >= 4 is 40.5 Å². The molecule has 0 fully saturated rings. The van der Waals surface area contributed by atoms with Gasteiger partial charge in [-0.3, -0.25) is 4.68 Å². The van der Waals surface area contributed by atoms with E-state index < -0.39 is 0 Å². The highest BCUT2D eigenvalue weighted by Crippen LogP contribution is 2.30. The van der Waals surface area contributed by atoms with Gasteiger partial charge >= 0.3 is 0 Å². The molecule has 5 nitrogen and oxygen atoms in total. The number of rotatable bonds is 3. The number of nitrogens with one attached hydrogen (secondary N) is 2. The lowest BCUT2D eigenvalue weighted by molar-refractivity contribution is 0.768. The van der Waals surface area contributed by atoms with Crippen LogP contribution in [0.5, 0.6) is 0 Å². The molecule has 0 aliphatic heterocycles. The first-order valence-corrected chi connectivity index (χ1v) is 5.65. The molecule has 0 aliphatic carbocycles. The van der Waals surface area contributed by atoms with Crippen molar-refractivity contribution in [3.63, 3.8) is 0 Å². The Balaban J connectivity index is 2.32. The molecule has 2 rings (SSSR count). The average molecular weight is 272 g/mol. The standard InChI is InChI=1S/C10H11Cl2N5/c1-13-9-7(11)3-8(12)10(16-9)15-6-4-14-17(2)5-6/h3-5H,1-2H3,(H2,13,15,16). The van der Waals surface area contributed by atoms with Crippen molar-refractivity contribution in [2.45, 2.75) is 0 Å². The Hall–Kier alpha value is -1.46. The number of pyridine rings is 1. The molecular weight excluding hydrogens is 261 g/mol. The van der Waals surface area contributed by atoms with Crippen LogP contribution in [-0.4, -0.2) is 21.8 Å². The highest BCUT2D eigenvalue weighted by Gasteiger charge is 2.09. The maximum absolute atomic E-state index is 6.05. The number of hydrogen-bond acceptors (Lipinski definition) is 4. The van der Waals surface area contributed by atoms with Gasteiger partial charge in [0.05, 0.1) is 21.9 Å². The lowest BCUT2D eigenvalue weighted by Crippen LogP contribution is -1.99. The summed E-state index contributed by atoms with van der Waals surface area (Å²) in [4.78, 5) is 4.27. The molecule has 0 spiro atoms. The zero-order valence-electron chi connectivity index (χ0n) is 9.33. The van der Waals surface area contributed by atoms with Crippen molar-refractivity contribution in [1.29, 1.82) is 0 Å². The fourth-order valence-corrected chi connectivity index (χ4v) is 1.85. The van der Waals surface area contributed by atoms with E-state index in [0.29, 0.717) is 21.7 Å². The number of aromatic nitrogens is 3. The quantitative estimate of drug-likeness (QED) is 0.902. The Morgan fingerprint density at radius 3 is 2.53 bits per heavy atom. The summed E-state index contributed by atoms with van der Waals surface area (Å²) < 4.78 is 1.69. The van der Waals surface area contributed by atoms with Crippen LogP contribution in [0.25, 0.3) is 0 Å². The Kier molecular flexibility index (Phi) is 3.40. The topological polar surface area (TPSA) is 54.8 Å².